The fourth-order valence-electron chi connectivity index (χ4n) is 4.90. The molecule has 0 fully saturated rings. The van der Waals surface area contributed by atoms with E-state index < -0.39 is 0 Å². The van der Waals surface area contributed by atoms with Crippen molar-refractivity contribution in [2.45, 2.75) is 181 Å². The Morgan fingerprint density at radius 2 is 0.710 bits per heavy atom. The molecule has 31 heavy (non-hydrogen) atoms. The molecule has 1 unspecified atom stereocenters. The summed E-state index contributed by atoms with van der Waals surface area (Å²) in [6.07, 6.45) is 38.0. The Labute approximate surface area is 197 Å². The minimum Gasteiger partial charge on any atom is -0.291 e. The Bertz CT molecular complexity index is 324. The monoisotopic (exact) mass is 435 g/mol. The predicted octanol–water partition coefficient (Wildman–Crippen LogP) is 10.9. The first kappa shape index (κ1) is 30.7. The van der Waals surface area contributed by atoms with Crippen molar-refractivity contribution in [2.24, 2.45) is 5.92 Å². The lowest BCUT2D eigenvalue weighted by Crippen LogP contribution is -2.01. The topological polar surface area (TPSA) is 17.1 Å². The van der Waals surface area contributed by atoms with Gasteiger partial charge >= 0.3 is 0 Å². The van der Waals surface area contributed by atoms with Crippen molar-refractivity contribution < 1.29 is 4.79 Å². The summed E-state index contributed by atoms with van der Waals surface area (Å²) >= 11 is 0. The van der Waals surface area contributed by atoms with Crippen LogP contribution in [0.2, 0.25) is 0 Å². The summed E-state index contributed by atoms with van der Waals surface area (Å²) < 4.78 is 0. The first-order chi connectivity index (χ1) is 15.3. The van der Waals surface area contributed by atoms with Gasteiger partial charge in [0.05, 0.1) is 0 Å². The van der Waals surface area contributed by atoms with Gasteiger partial charge in [-0.25, -0.2) is 0 Å². The standard InChI is InChI=1S/C30H59O/c1-3-5-7-9-16-19-23-27-30(26-22-8-6-4-2)28-24-20-17-14-12-10-11-13-15-18-21-25-29-31/h30H,3-28H2,1-2H3. The van der Waals surface area contributed by atoms with Crippen LogP contribution in [0.5, 0.6) is 0 Å². The van der Waals surface area contributed by atoms with E-state index in [2.05, 4.69) is 13.8 Å². The third-order valence-electron chi connectivity index (χ3n) is 7.07. The van der Waals surface area contributed by atoms with E-state index in [1.54, 1.807) is 0 Å². The molecule has 0 aromatic heterocycles. The second kappa shape index (κ2) is 27.7. The summed E-state index contributed by atoms with van der Waals surface area (Å²) in [5.74, 6) is 1.02. The molecular formula is C30H59O. The summed E-state index contributed by atoms with van der Waals surface area (Å²) in [5, 5.41) is 0. The molecule has 1 nitrogen and oxygen atoms in total. The van der Waals surface area contributed by atoms with Crippen LogP contribution in [0.3, 0.4) is 0 Å². The normalized spacial score (nSPS) is 12.3. The van der Waals surface area contributed by atoms with Crippen molar-refractivity contribution in [3.8, 4) is 0 Å². The number of hydrogen-bond donors (Lipinski definition) is 0. The van der Waals surface area contributed by atoms with Crippen LogP contribution in [0.25, 0.3) is 0 Å². The highest BCUT2D eigenvalue weighted by atomic mass is 16.1. The zero-order valence-corrected chi connectivity index (χ0v) is 21.9. The molecule has 1 atom stereocenters. The number of unbranched alkanes of at least 4 members (excludes halogenated alkanes) is 20. The largest absolute Gasteiger partial charge is 0.291 e. The Morgan fingerprint density at radius 1 is 0.419 bits per heavy atom. The average molecular weight is 436 g/mol. The van der Waals surface area contributed by atoms with Gasteiger partial charge in [0.25, 0.3) is 0 Å². The van der Waals surface area contributed by atoms with E-state index >= 15 is 0 Å². The zero-order valence-electron chi connectivity index (χ0n) is 21.9. The summed E-state index contributed by atoms with van der Waals surface area (Å²) in [4.78, 5) is 10.2. The zero-order chi connectivity index (χ0) is 22.7. The summed E-state index contributed by atoms with van der Waals surface area (Å²) in [6.45, 7) is 4.63. The molecule has 0 aliphatic rings. The molecule has 0 spiro atoms. The third kappa shape index (κ3) is 25.8. The molecule has 0 N–H and O–H groups in total. The van der Waals surface area contributed by atoms with Crippen molar-refractivity contribution in [1.29, 1.82) is 0 Å². The van der Waals surface area contributed by atoms with E-state index in [1.165, 1.54) is 154 Å². The molecule has 0 aromatic rings. The summed E-state index contributed by atoms with van der Waals surface area (Å²) in [5.41, 5.74) is 0. The Balaban J connectivity index is 3.63. The second-order valence-corrected chi connectivity index (χ2v) is 10.2. The average Bonchev–Trinajstić information content (AvgIpc) is 2.78. The van der Waals surface area contributed by atoms with E-state index in [-0.39, 0.29) is 0 Å². The second-order valence-electron chi connectivity index (χ2n) is 10.2. The maximum Gasteiger partial charge on any atom is 0.198 e. The smallest absolute Gasteiger partial charge is 0.198 e. The van der Waals surface area contributed by atoms with Crippen molar-refractivity contribution >= 4 is 6.29 Å². The molecule has 0 saturated heterocycles. The van der Waals surface area contributed by atoms with Gasteiger partial charge in [-0.3, -0.25) is 4.79 Å². The number of hydrogen-bond acceptors (Lipinski definition) is 1. The van der Waals surface area contributed by atoms with Crippen LogP contribution in [0.4, 0.5) is 0 Å². The summed E-state index contributed by atoms with van der Waals surface area (Å²) in [6, 6.07) is 0. The van der Waals surface area contributed by atoms with Crippen molar-refractivity contribution in [3.05, 3.63) is 0 Å². The maximum absolute atomic E-state index is 10.2. The molecule has 185 valence electrons. The van der Waals surface area contributed by atoms with Gasteiger partial charge in [-0.1, -0.05) is 168 Å². The van der Waals surface area contributed by atoms with E-state index in [1.807, 2.05) is 6.29 Å². The van der Waals surface area contributed by atoms with Crippen LogP contribution < -0.4 is 0 Å². The lowest BCUT2D eigenvalue weighted by atomic mass is 9.89. The first-order valence-corrected chi connectivity index (χ1v) is 14.7. The van der Waals surface area contributed by atoms with Crippen LogP contribution in [-0.4, -0.2) is 6.29 Å². The van der Waals surface area contributed by atoms with Gasteiger partial charge in [0.15, 0.2) is 6.29 Å². The molecule has 0 amide bonds. The molecule has 0 aliphatic carbocycles. The first-order valence-electron chi connectivity index (χ1n) is 14.7. The molecule has 1 radical (unpaired) electrons. The van der Waals surface area contributed by atoms with Gasteiger partial charge < -0.3 is 0 Å². The van der Waals surface area contributed by atoms with Crippen molar-refractivity contribution in [2.75, 3.05) is 0 Å². The van der Waals surface area contributed by atoms with E-state index in [0.29, 0.717) is 6.42 Å². The van der Waals surface area contributed by atoms with Gasteiger partial charge in [0, 0.05) is 6.42 Å². The summed E-state index contributed by atoms with van der Waals surface area (Å²) in [7, 11) is 0. The van der Waals surface area contributed by atoms with Crippen LogP contribution in [-0.2, 0) is 4.79 Å². The fourth-order valence-corrected chi connectivity index (χ4v) is 4.90. The van der Waals surface area contributed by atoms with Gasteiger partial charge in [0.2, 0.25) is 0 Å². The SMILES string of the molecule is CCCCCCCCCC(CCCCCC)CCCCCCCCCCCCC[C]=O. The van der Waals surface area contributed by atoms with Crippen LogP contribution in [0.1, 0.15) is 181 Å². The minimum absolute atomic E-state index is 0.638. The molecule has 0 bridgehead atoms. The molecule has 0 heterocycles. The fraction of sp³-hybridized carbons (Fsp3) is 0.967. The maximum atomic E-state index is 10.2. The molecule has 0 aromatic carbocycles. The van der Waals surface area contributed by atoms with Crippen molar-refractivity contribution in [3.63, 3.8) is 0 Å². The highest BCUT2D eigenvalue weighted by molar-refractivity contribution is 5.50. The van der Waals surface area contributed by atoms with Crippen LogP contribution in [0.15, 0.2) is 0 Å². The molecule has 0 aliphatic heterocycles. The highest BCUT2D eigenvalue weighted by Gasteiger charge is 2.08. The Kier molecular flexibility index (Phi) is 27.4. The van der Waals surface area contributed by atoms with E-state index in [0.717, 1.165) is 12.3 Å². The van der Waals surface area contributed by atoms with Crippen LogP contribution >= 0.6 is 0 Å². The third-order valence-corrected chi connectivity index (χ3v) is 7.07. The molecular weight excluding hydrogens is 376 g/mol. The molecule has 1 heteroatoms. The Morgan fingerprint density at radius 3 is 1.06 bits per heavy atom. The van der Waals surface area contributed by atoms with Crippen LogP contribution in [0, 0.1) is 5.92 Å². The number of carbonyl (C=O) groups excluding carboxylic acids is 1. The van der Waals surface area contributed by atoms with Gasteiger partial charge in [-0.05, 0) is 12.3 Å². The van der Waals surface area contributed by atoms with Gasteiger partial charge in [-0.2, -0.15) is 0 Å². The number of rotatable bonds is 27. The van der Waals surface area contributed by atoms with Gasteiger partial charge in [-0.15, -0.1) is 0 Å². The molecule has 0 saturated carbocycles. The highest BCUT2D eigenvalue weighted by Crippen LogP contribution is 2.24. The Hall–Kier alpha value is -0.330. The lowest BCUT2D eigenvalue weighted by molar-refractivity contribution is 0.366. The minimum atomic E-state index is 0.638. The quantitative estimate of drug-likeness (QED) is 0.117. The predicted molar refractivity (Wildman–Crippen MR) is 141 cm³/mol. The van der Waals surface area contributed by atoms with E-state index in [9.17, 15) is 4.79 Å². The van der Waals surface area contributed by atoms with Gasteiger partial charge in [0.1, 0.15) is 0 Å². The molecule has 0 rings (SSSR count). The lowest BCUT2D eigenvalue weighted by Gasteiger charge is -2.17. The van der Waals surface area contributed by atoms with E-state index in [4.69, 9.17) is 0 Å². The van der Waals surface area contributed by atoms with Crippen molar-refractivity contribution in [1.82, 2.24) is 0 Å².